The maximum atomic E-state index is 11.1. The molecule has 0 saturated heterocycles. The molecule has 2 N–H and O–H groups in total. The van der Waals surface area contributed by atoms with Crippen molar-refractivity contribution in [1.82, 2.24) is 4.98 Å². The van der Waals surface area contributed by atoms with Crippen molar-refractivity contribution >= 4 is 27.8 Å². The minimum atomic E-state index is -3.72. The lowest BCUT2D eigenvalue weighted by Gasteiger charge is -2.09. The van der Waals surface area contributed by atoms with Gasteiger partial charge in [-0.2, -0.15) is 13.7 Å². The standard InChI is InChI=1S/C11H13N3O4S2/c1-3-7-4-10(18-20(2,16)17)14-11(8(7)5-12)19-6-9(13)15/h4H,3,6H2,1-2H3,(H2,13,15). The second-order valence-corrected chi connectivity index (χ2v) is 6.35. The summed E-state index contributed by atoms with van der Waals surface area (Å²) in [6.45, 7) is 1.81. The molecular weight excluding hydrogens is 302 g/mol. The first-order valence-electron chi connectivity index (χ1n) is 5.51. The Morgan fingerprint density at radius 3 is 2.70 bits per heavy atom. The first kappa shape index (κ1) is 16.3. The maximum Gasteiger partial charge on any atom is 0.307 e. The highest BCUT2D eigenvalue weighted by Crippen LogP contribution is 2.27. The lowest BCUT2D eigenvalue weighted by Crippen LogP contribution is -2.14. The van der Waals surface area contributed by atoms with Gasteiger partial charge in [-0.05, 0) is 12.0 Å². The third-order valence-corrected chi connectivity index (χ3v) is 3.60. The molecule has 0 bridgehead atoms. The van der Waals surface area contributed by atoms with E-state index in [-0.39, 0.29) is 16.7 Å². The molecule has 0 radical (unpaired) electrons. The van der Waals surface area contributed by atoms with E-state index >= 15 is 0 Å². The first-order chi connectivity index (χ1) is 9.26. The minimum absolute atomic E-state index is 0.0623. The van der Waals surface area contributed by atoms with Gasteiger partial charge >= 0.3 is 10.1 Å². The van der Waals surface area contributed by atoms with E-state index in [4.69, 9.17) is 15.2 Å². The molecule has 1 amide bonds. The Labute approximate surface area is 121 Å². The number of thioether (sulfide) groups is 1. The fourth-order valence-electron chi connectivity index (χ4n) is 1.39. The summed E-state index contributed by atoms with van der Waals surface area (Å²) in [6, 6.07) is 3.39. The summed E-state index contributed by atoms with van der Waals surface area (Å²) in [5.74, 6) is -0.754. The summed E-state index contributed by atoms with van der Waals surface area (Å²) in [5, 5.41) is 9.37. The Morgan fingerprint density at radius 2 is 2.25 bits per heavy atom. The molecule has 0 spiro atoms. The van der Waals surface area contributed by atoms with Crippen LogP contribution in [0.5, 0.6) is 5.88 Å². The third-order valence-electron chi connectivity index (χ3n) is 2.13. The predicted octanol–water partition coefficient (Wildman–Crippen LogP) is 0.431. The normalized spacial score (nSPS) is 10.8. The molecule has 9 heteroatoms. The van der Waals surface area contributed by atoms with Gasteiger partial charge in [-0.3, -0.25) is 4.79 Å². The van der Waals surface area contributed by atoms with Crippen LogP contribution < -0.4 is 9.92 Å². The molecule has 0 aliphatic heterocycles. The van der Waals surface area contributed by atoms with E-state index in [1.165, 1.54) is 6.07 Å². The van der Waals surface area contributed by atoms with Crippen LogP contribution in [0.1, 0.15) is 18.1 Å². The van der Waals surface area contributed by atoms with Crippen LogP contribution in [0.25, 0.3) is 0 Å². The van der Waals surface area contributed by atoms with Crippen molar-refractivity contribution in [3.63, 3.8) is 0 Å². The zero-order valence-corrected chi connectivity index (χ0v) is 12.5. The highest BCUT2D eigenvalue weighted by Gasteiger charge is 2.16. The SMILES string of the molecule is CCc1cc(OS(C)(=O)=O)nc(SCC(N)=O)c1C#N. The molecule has 1 aromatic heterocycles. The second-order valence-electron chi connectivity index (χ2n) is 3.81. The van der Waals surface area contributed by atoms with Gasteiger partial charge in [0.05, 0.1) is 17.6 Å². The highest BCUT2D eigenvalue weighted by molar-refractivity contribution is 8.00. The van der Waals surface area contributed by atoms with Crippen LogP contribution in [0.2, 0.25) is 0 Å². The predicted molar refractivity (Wildman–Crippen MR) is 73.7 cm³/mol. The molecule has 0 unspecified atom stereocenters. The van der Waals surface area contributed by atoms with Gasteiger partial charge in [0.2, 0.25) is 11.8 Å². The van der Waals surface area contributed by atoms with Gasteiger partial charge in [0.25, 0.3) is 0 Å². The molecule has 1 rings (SSSR count). The molecule has 0 saturated carbocycles. The quantitative estimate of drug-likeness (QED) is 0.596. The summed E-state index contributed by atoms with van der Waals surface area (Å²) in [4.78, 5) is 14.7. The fourth-order valence-corrected chi connectivity index (χ4v) is 2.54. The number of hydrogen-bond acceptors (Lipinski definition) is 7. The van der Waals surface area contributed by atoms with Crippen molar-refractivity contribution in [2.75, 3.05) is 12.0 Å². The topological polar surface area (TPSA) is 123 Å². The average molecular weight is 315 g/mol. The Kier molecular flexibility index (Phi) is 5.35. The number of nitrogens with zero attached hydrogens (tertiary/aromatic N) is 2. The van der Waals surface area contributed by atoms with E-state index in [0.29, 0.717) is 17.5 Å². The fraction of sp³-hybridized carbons (Fsp3) is 0.364. The van der Waals surface area contributed by atoms with Gasteiger partial charge in [0.15, 0.2) is 0 Å². The van der Waals surface area contributed by atoms with Gasteiger partial charge in [-0.25, -0.2) is 4.98 Å². The summed E-state index contributed by atoms with van der Waals surface area (Å²) in [7, 11) is -3.72. The molecule has 7 nitrogen and oxygen atoms in total. The minimum Gasteiger partial charge on any atom is -0.369 e. The number of primary amides is 1. The van der Waals surface area contributed by atoms with E-state index in [2.05, 4.69) is 4.98 Å². The molecule has 20 heavy (non-hydrogen) atoms. The Bertz CT molecular complexity index is 665. The van der Waals surface area contributed by atoms with Gasteiger partial charge in [0.1, 0.15) is 11.1 Å². The van der Waals surface area contributed by atoms with Crippen molar-refractivity contribution in [1.29, 1.82) is 5.26 Å². The van der Waals surface area contributed by atoms with Crippen molar-refractivity contribution in [2.45, 2.75) is 18.4 Å². The third kappa shape index (κ3) is 4.71. The van der Waals surface area contributed by atoms with Crippen molar-refractivity contribution in [3.05, 3.63) is 17.2 Å². The smallest absolute Gasteiger partial charge is 0.307 e. The molecule has 1 aromatic rings. The number of amides is 1. The largest absolute Gasteiger partial charge is 0.369 e. The summed E-state index contributed by atoms with van der Waals surface area (Å²) < 4.78 is 27.0. The maximum absolute atomic E-state index is 11.1. The lowest BCUT2D eigenvalue weighted by atomic mass is 10.1. The van der Waals surface area contributed by atoms with Crippen LogP contribution >= 0.6 is 11.8 Å². The summed E-state index contributed by atoms with van der Waals surface area (Å²) >= 11 is 0.966. The Hall–Kier alpha value is -1.79. The summed E-state index contributed by atoms with van der Waals surface area (Å²) in [5.41, 5.74) is 5.93. The number of aromatic nitrogens is 1. The molecule has 0 aromatic carbocycles. The van der Waals surface area contributed by atoms with Crippen LogP contribution in [0.3, 0.4) is 0 Å². The Balaban J connectivity index is 3.27. The molecule has 0 aliphatic rings. The second kappa shape index (κ2) is 6.58. The van der Waals surface area contributed by atoms with Crippen LogP contribution in [-0.4, -0.2) is 31.3 Å². The zero-order chi connectivity index (χ0) is 15.3. The molecule has 0 fully saturated rings. The molecule has 0 atom stereocenters. The number of rotatable bonds is 6. The number of nitriles is 1. The number of aryl methyl sites for hydroxylation is 1. The number of pyridine rings is 1. The molecule has 1 heterocycles. The van der Waals surface area contributed by atoms with E-state index in [9.17, 15) is 13.2 Å². The zero-order valence-electron chi connectivity index (χ0n) is 10.9. The molecule has 108 valence electrons. The Morgan fingerprint density at radius 1 is 1.60 bits per heavy atom. The highest BCUT2D eigenvalue weighted by atomic mass is 32.2. The molecular formula is C11H13N3O4S2. The first-order valence-corrected chi connectivity index (χ1v) is 8.31. The van der Waals surface area contributed by atoms with Crippen molar-refractivity contribution in [3.8, 4) is 11.9 Å². The number of carbonyl (C=O) groups is 1. The van der Waals surface area contributed by atoms with E-state index in [0.717, 1.165) is 18.0 Å². The van der Waals surface area contributed by atoms with Crippen molar-refractivity contribution < 1.29 is 17.4 Å². The van der Waals surface area contributed by atoms with Crippen LogP contribution in [0.15, 0.2) is 11.1 Å². The lowest BCUT2D eigenvalue weighted by molar-refractivity contribution is -0.115. The molecule has 0 aliphatic carbocycles. The summed E-state index contributed by atoms with van der Waals surface area (Å²) in [6.07, 6.45) is 1.39. The van der Waals surface area contributed by atoms with Gasteiger partial charge in [-0.1, -0.05) is 18.7 Å². The van der Waals surface area contributed by atoms with Gasteiger partial charge in [-0.15, -0.1) is 0 Å². The monoisotopic (exact) mass is 315 g/mol. The van der Waals surface area contributed by atoms with Gasteiger partial charge in [0, 0.05) is 6.07 Å². The van der Waals surface area contributed by atoms with Crippen molar-refractivity contribution in [2.24, 2.45) is 5.73 Å². The van der Waals surface area contributed by atoms with Crippen LogP contribution in [0, 0.1) is 11.3 Å². The number of carbonyl (C=O) groups excluding carboxylic acids is 1. The van der Waals surface area contributed by atoms with E-state index < -0.39 is 16.0 Å². The van der Waals surface area contributed by atoms with Gasteiger partial charge < -0.3 is 9.92 Å². The average Bonchev–Trinajstić information content (AvgIpc) is 2.33. The van der Waals surface area contributed by atoms with Crippen LogP contribution in [0.4, 0.5) is 0 Å². The number of nitrogens with two attached hydrogens (primary N) is 1. The van der Waals surface area contributed by atoms with Crippen LogP contribution in [-0.2, 0) is 21.3 Å². The van der Waals surface area contributed by atoms with E-state index in [1.807, 2.05) is 13.0 Å². The van der Waals surface area contributed by atoms with E-state index in [1.54, 1.807) is 0 Å². The number of hydrogen-bond donors (Lipinski definition) is 1.